The summed E-state index contributed by atoms with van der Waals surface area (Å²) in [5.41, 5.74) is 0.557. The van der Waals surface area contributed by atoms with Crippen LogP contribution in [0, 0.1) is 0 Å². The number of aromatic amines is 1. The van der Waals surface area contributed by atoms with E-state index in [1.54, 1.807) is 5.38 Å². The van der Waals surface area contributed by atoms with Gasteiger partial charge < -0.3 is 0 Å². The van der Waals surface area contributed by atoms with Gasteiger partial charge >= 0.3 is 0 Å². The number of hydrogen-bond donors (Lipinski definition) is 1. The Labute approximate surface area is 103 Å². The van der Waals surface area contributed by atoms with E-state index < -0.39 is 9.84 Å². The SMILES string of the molecule is CC(C)c1nc(CS(=O)(=O)c2cn[nH]n2)cs1. The highest BCUT2D eigenvalue weighted by atomic mass is 32.2. The molecule has 0 aromatic carbocycles. The molecule has 0 bridgehead atoms. The van der Waals surface area contributed by atoms with Crippen LogP contribution in [0.3, 0.4) is 0 Å². The predicted octanol–water partition coefficient (Wildman–Crippen LogP) is 1.36. The quantitative estimate of drug-likeness (QED) is 0.907. The van der Waals surface area contributed by atoms with Crippen LogP contribution in [-0.2, 0) is 15.6 Å². The van der Waals surface area contributed by atoms with Crippen molar-refractivity contribution in [2.24, 2.45) is 0 Å². The largest absolute Gasteiger partial charge is 0.245 e. The van der Waals surface area contributed by atoms with E-state index in [1.807, 2.05) is 13.8 Å². The Kier molecular flexibility index (Phi) is 3.25. The molecule has 0 saturated carbocycles. The molecule has 2 heterocycles. The summed E-state index contributed by atoms with van der Waals surface area (Å²) in [7, 11) is -3.44. The molecule has 0 radical (unpaired) electrons. The molecule has 2 rings (SSSR count). The summed E-state index contributed by atoms with van der Waals surface area (Å²) in [5.74, 6) is 0.173. The van der Waals surface area contributed by atoms with Gasteiger partial charge in [-0.25, -0.2) is 13.4 Å². The van der Waals surface area contributed by atoms with Gasteiger partial charge in [-0.15, -0.1) is 16.4 Å². The summed E-state index contributed by atoms with van der Waals surface area (Å²) in [6, 6.07) is 0. The highest BCUT2D eigenvalue weighted by molar-refractivity contribution is 7.90. The highest BCUT2D eigenvalue weighted by Crippen LogP contribution is 2.21. The van der Waals surface area contributed by atoms with Crippen LogP contribution in [0.15, 0.2) is 16.6 Å². The van der Waals surface area contributed by atoms with Crippen molar-refractivity contribution in [2.45, 2.75) is 30.5 Å². The third-order valence-electron chi connectivity index (χ3n) is 2.11. The fraction of sp³-hybridized carbons (Fsp3) is 0.444. The van der Waals surface area contributed by atoms with Crippen LogP contribution >= 0.6 is 11.3 Å². The number of nitrogens with one attached hydrogen (secondary N) is 1. The van der Waals surface area contributed by atoms with E-state index in [9.17, 15) is 8.42 Å². The van der Waals surface area contributed by atoms with Gasteiger partial charge in [0.25, 0.3) is 0 Å². The van der Waals surface area contributed by atoms with Crippen molar-refractivity contribution < 1.29 is 8.42 Å². The topological polar surface area (TPSA) is 88.6 Å². The molecule has 6 nitrogen and oxygen atoms in total. The van der Waals surface area contributed by atoms with Crippen molar-refractivity contribution in [2.75, 3.05) is 0 Å². The third kappa shape index (κ3) is 2.70. The Morgan fingerprint density at radius 1 is 1.47 bits per heavy atom. The van der Waals surface area contributed by atoms with Crippen molar-refractivity contribution in [1.29, 1.82) is 0 Å². The maximum atomic E-state index is 11.9. The second kappa shape index (κ2) is 4.53. The molecule has 0 aliphatic rings. The summed E-state index contributed by atoms with van der Waals surface area (Å²) >= 11 is 1.48. The molecule has 0 atom stereocenters. The number of rotatable bonds is 4. The molecule has 0 aliphatic carbocycles. The third-order valence-corrected chi connectivity index (χ3v) is 4.82. The second-order valence-electron chi connectivity index (χ2n) is 3.90. The summed E-state index contributed by atoms with van der Waals surface area (Å²) in [4.78, 5) is 4.29. The minimum Gasteiger partial charge on any atom is -0.245 e. The van der Waals surface area contributed by atoms with Crippen molar-refractivity contribution in [1.82, 2.24) is 20.4 Å². The lowest BCUT2D eigenvalue weighted by atomic mass is 10.2. The van der Waals surface area contributed by atoms with Crippen LogP contribution in [0.1, 0.15) is 30.5 Å². The normalized spacial score (nSPS) is 12.2. The minimum atomic E-state index is -3.44. The molecule has 1 N–H and O–H groups in total. The molecule has 0 spiro atoms. The monoisotopic (exact) mass is 272 g/mol. The average molecular weight is 272 g/mol. The van der Waals surface area contributed by atoms with Crippen LogP contribution in [0.5, 0.6) is 0 Å². The van der Waals surface area contributed by atoms with Gasteiger partial charge in [-0.2, -0.15) is 10.3 Å². The zero-order valence-electron chi connectivity index (χ0n) is 9.41. The van der Waals surface area contributed by atoms with Crippen LogP contribution < -0.4 is 0 Å². The lowest BCUT2D eigenvalue weighted by Gasteiger charge is -1.98. The number of nitrogens with zero attached hydrogens (tertiary/aromatic N) is 3. The van der Waals surface area contributed by atoms with Crippen molar-refractivity contribution in [3.8, 4) is 0 Å². The van der Waals surface area contributed by atoms with Gasteiger partial charge in [0.05, 0.1) is 22.7 Å². The first kappa shape index (κ1) is 12.2. The van der Waals surface area contributed by atoms with Crippen molar-refractivity contribution in [3.05, 3.63) is 22.3 Å². The molecule has 0 amide bonds. The molecule has 0 aliphatic heterocycles. The molecular formula is C9H12N4O2S2. The van der Waals surface area contributed by atoms with Crippen LogP contribution in [0.25, 0.3) is 0 Å². The Bertz CT molecular complexity index is 586. The summed E-state index contributed by atoms with van der Waals surface area (Å²) in [6.45, 7) is 4.05. The van der Waals surface area contributed by atoms with E-state index in [2.05, 4.69) is 20.4 Å². The van der Waals surface area contributed by atoms with Crippen molar-refractivity contribution >= 4 is 21.2 Å². The van der Waals surface area contributed by atoms with Crippen molar-refractivity contribution in [3.63, 3.8) is 0 Å². The van der Waals surface area contributed by atoms with Gasteiger partial charge in [0.15, 0.2) is 5.03 Å². The Morgan fingerprint density at radius 2 is 2.24 bits per heavy atom. The first-order valence-electron chi connectivity index (χ1n) is 5.02. The van der Waals surface area contributed by atoms with Gasteiger partial charge in [0, 0.05) is 11.3 Å². The van der Waals surface area contributed by atoms with Gasteiger partial charge in [0.1, 0.15) is 0 Å². The molecule has 0 fully saturated rings. The van der Waals surface area contributed by atoms with Gasteiger partial charge in [-0.1, -0.05) is 13.8 Å². The fourth-order valence-electron chi connectivity index (χ4n) is 1.26. The maximum Gasteiger partial charge on any atom is 0.204 e. The molecule has 92 valence electrons. The van der Waals surface area contributed by atoms with Crippen LogP contribution in [-0.4, -0.2) is 28.8 Å². The molecular weight excluding hydrogens is 260 g/mol. The highest BCUT2D eigenvalue weighted by Gasteiger charge is 2.20. The lowest BCUT2D eigenvalue weighted by Crippen LogP contribution is -2.06. The lowest BCUT2D eigenvalue weighted by molar-refractivity contribution is 0.590. The van der Waals surface area contributed by atoms with Gasteiger partial charge in [-0.05, 0) is 0 Å². The number of H-pyrrole nitrogens is 1. The summed E-state index contributed by atoms with van der Waals surface area (Å²) in [5, 5.41) is 12.0. The summed E-state index contributed by atoms with van der Waals surface area (Å²) in [6.07, 6.45) is 1.20. The second-order valence-corrected chi connectivity index (χ2v) is 6.73. The zero-order chi connectivity index (χ0) is 12.5. The van der Waals surface area contributed by atoms with Crippen LogP contribution in [0.4, 0.5) is 0 Å². The standard InChI is InChI=1S/C9H12N4O2S2/c1-6(2)9-11-7(4-16-9)5-17(14,15)8-3-10-13-12-8/h3-4,6H,5H2,1-2H3,(H,10,12,13). The van der Waals surface area contributed by atoms with Crippen LogP contribution in [0.2, 0.25) is 0 Å². The Hall–Kier alpha value is -1.28. The molecule has 2 aromatic rings. The zero-order valence-corrected chi connectivity index (χ0v) is 11.0. The first-order valence-corrected chi connectivity index (χ1v) is 7.55. The van der Waals surface area contributed by atoms with E-state index in [0.29, 0.717) is 11.6 Å². The summed E-state index contributed by atoms with van der Waals surface area (Å²) < 4.78 is 23.8. The maximum absolute atomic E-state index is 11.9. The molecule has 0 unspecified atom stereocenters. The van der Waals surface area contributed by atoms with E-state index in [-0.39, 0.29) is 10.8 Å². The number of hydrogen-bond acceptors (Lipinski definition) is 6. The smallest absolute Gasteiger partial charge is 0.204 e. The fourth-order valence-corrected chi connectivity index (χ4v) is 3.28. The molecule has 0 saturated heterocycles. The average Bonchev–Trinajstić information content (AvgIpc) is 2.85. The van der Waals surface area contributed by atoms with E-state index in [4.69, 9.17) is 0 Å². The Morgan fingerprint density at radius 3 is 2.76 bits per heavy atom. The first-order chi connectivity index (χ1) is 7.99. The Balaban J connectivity index is 2.21. The predicted molar refractivity (Wildman–Crippen MR) is 63.5 cm³/mol. The van der Waals surface area contributed by atoms with E-state index in [0.717, 1.165) is 5.01 Å². The van der Waals surface area contributed by atoms with E-state index >= 15 is 0 Å². The number of aromatic nitrogens is 4. The minimum absolute atomic E-state index is 0.0448. The number of sulfone groups is 1. The van der Waals surface area contributed by atoms with Gasteiger partial charge in [-0.3, -0.25) is 0 Å². The van der Waals surface area contributed by atoms with Gasteiger partial charge in [0.2, 0.25) is 9.84 Å². The van der Waals surface area contributed by atoms with E-state index in [1.165, 1.54) is 17.5 Å². The number of thiazole rings is 1. The molecule has 2 aromatic heterocycles. The molecule has 17 heavy (non-hydrogen) atoms. The molecule has 8 heteroatoms.